The molecule has 1 amide bonds. The third kappa shape index (κ3) is 4.61. The van der Waals surface area contributed by atoms with Gasteiger partial charge in [-0.25, -0.2) is 9.37 Å². The van der Waals surface area contributed by atoms with Gasteiger partial charge >= 0.3 is 0 Å². The Kier molecular flexibility index (Phi) is 5.91. The Morgan fingerprint density at radius 3 is 2.47 bits per heavy atom. The van der Waals surface area contributed by atoms with E-state index >= 15 is 0 Å². The number of nitrogens with zero attached hydrogens (tertiary/aromatic N) is 3. The molecule has 32 heavy (non-hydrogen) atoms. The first-order valence-electron chi connectivity index (χ1n) is 10.9. The number of benzene rings is 2. The molecule has 0 unspecified atom stereocenters. The Labute approximate surface area is 186 Å². The van der Waals surface area contributed by atoms with Gasteiger partial charge in [-0.05, 0) is 55.7 Å². The van der Waals surface area contributed by atoms with Crippen LogP contribution in [0.3, 0.4) is 0 Å². The second-order valence-corrected chi connectivity index (χ2v) is 9.21. The first kappa shape index (κ1) is 21.9. The van der Waals surface area contributed by atoms with Crippen molar-refractivity contribution >= 4 is 34.2 Å². The van der Waals surface area contributed by atoms with Crippen LogP contribution in [0.1, 0.15) is 56.0 Å². The van der Waals surface area contributed by atoms with Gasteiger partial charge in [-0.2, -0.15) is 0 Å². The van der Waals surface area contributed by atoms with E-state index in [-0.39, 0.29) is 11.5 Å². The van der Waals surface area contributed by atoms with Crippen LogP contribution < -0.4 is 10.2 Å². The van der Waals surface area contributed by atoms with Gasteiger partial charge in [0.1, 0.15) is 11.6 Å². The summed E-state index contributed by atoms with van der Waals surface area (Å²) in [6.07, 6.45) is 5.23. The molecule has 0 spiro atoms. The van der Waals surface area contributed by atoms with E-state index in [4.69, 9.17) is 4.98 Å². The predicted octanol–water partition coefficient (Wildman–Crippen LogP) is 4.97. The van der Waals surface area contributed by atoms with E-state index in [1.165, 1.54) is 24.6 Å². The predicted molar refractivity (Wildman–Crippen MR) is 124 cm³/mol. The van der Waals surface area contributed by atoms with Crippen molar-refractivity contribution in [3.8, 4) is 0 Å². The van der Waals surface area contributed by atoms with E-state index in [1.54, 1.807) is 45.2 Å². The second kappa shape index (κ2) is 8.65. The van der Waals surface area contributed by atoms with E-state index in [9.17, 15) is 14.0 Å². The molecule has 1 aliphatic heterocycles. The Bertz CT molecular complexity index is 1180. The summed E-state index contributed by atoms with van der Waals surface area (Å²) in [7, 11) is 0. The van der Waals surface area contributed by atoms with Gasteiger partial charge in [0.2, 0.25) is 5.91 Å². The second-order valence-electron chi connectivity index (χ2n) is 9.21. The summed E-state index contributed by atoms with van der Waals surface area (Å²) in [5, 5.41) is 2.74. The molecule has 0 radical (unpaired) electrons. The average Bonchev–Trinajstić information content (AvgIpc) is 2.79. The third-order valence-corrected chi connectivity index (χ3v) is 5.62. The van der Waals surface area contributed by atoms with E-state index in [2.05, 4.69) is 15.2 Å². The van der Waals surface area contributed by atoms with Crippen LogP contribution >= 0.6 is 0 Å². The lowest BCUT2D eigenvalue weighted by Crippen LogP contribution is -2.30. The van der Waals surface area contributed by atoms with Gasteiger partial charge in [0.15, 0.2) is 5.78 Å². The highest BCUT2D eigenvalue weighted by molar-refractivity contribution is 6.11. The van der Waals surface area contributed by atoms with Crippen LogP contribution in [0.2, 0.25) is 0 Å². The van der Waals surface area contributed by atoms with Crippen LogP contribution in [0.5, 0.6) is 0 Å². The van der Waals surface area contributed by atoms with Gasteiger partial charge < -0.3 is 10.2 Å². The minimum absolute atomic E-state index is 0.101. The number of carbonyl (C=O) groups is 2. The molecule has 1 aliphatic rings. The molecule has 1 fully saturated rings. The number of ketones is 1. The van der Waals surface area contributed by atoms with Crippen molar-refractivity contribution in [2.75, 3.05) is 23.3 Å². The standard InChI is InChI=1S/C25H27FN4O2/c1-25(2,3)24(32)28-17-8-9-19(26)18(14-17)23(31)16-7-10-20-21(13-16)29-22(15-27-20)30-11-5-4-6-12-30/h7-10,13-15H,4-6,11-12H2,1-3H3,(H,28,32). The number of nitrogens with one attached hydrogen (secondary N) is 1. The molecule has 6 nitrogen and oxygen atoms in total. The number of aromatic nitrogens is 2. The highest BCUT2D eigenvalue weighted by Gasteiger charge is 2.22. The third-order valence-electron chi connectivity index (χ3n) is 5.62. The maximum absolute atomic E-state index is 14.5. The number of amides is 1. The molecule has 0 atom stereocenters. The highest BCUT2D eigenvalue weighted by atomic mass is 19.1. The fraction of sp³-hybridized carbons (Fsp3) is 0.360. The lowest BCUT2D eigenvalue weighted by atomic mass is 9.95. The van der Waals surface area contributed by atoms with Crippen LogP contribution in [0, 0.1) is 11.2 Å². The van der Waals surface area contributed by atoms with Crippen molar-refractivity contribution in [1.82, 2.24) is 9.97 Å². The minimum atomic E-state index is -0.642. The zero-order valence-corrected chi connectivity index (χ0v) is 18.6. The lowest BCUT2D eigenvalue weighted by molar-refractivity contribution is -0.123. The minimum Gasteiger partial charge on any atom is -0.355 e. The van der Waals surface area contributed by atoms with Crippen LogP contribution in [0.25, 0.3) is 11.0 Å². The summed E-state index contributed by atoms with van der Waals surface area (Å²) in [5.41, 5.74) is 1.26. The Morgan fingerprint density at radius 2 is 1.75 bits per heavy atom. The van der Waals surface area contributed by atoms with Crippen LogP contribution in [0.4, 0.5) is 15.9 Å². The van der Waals surface area contributed by atoms with Crippen molar-refractivity contribution in [2.45, 2.75) is 40.0 Å². The summed E-state index contributed by atoms with van der Waals surface area (Å²) in [6.45, 7) is 7.23. The molecule has 2 heterocycles. The highest BCUT2D eigenvalue weighted by Crippen LogP contribution is 2.24. The van der Waals surface area contributed by atoms with Crippen LogP contribution in [0.15, 0.2) is 42.6 Å². The number of halogens is 1. The molecule has 1 N–H and O–H groups in total. The van der Waals surface area contributed by atoms with Crippen molar-refractivity contribution in [3.63, 3.8) is 0 Å². The quantitative estimate of drug-likeness (QED) is 0.587. The molecule has 0 saturated carbocycles. The van der Waals surface area contributed by atoms with Gasteiger partial charge in [0.05, 0.1) is 22.8 Å². The molecule has 3 aromatic rings. The van der Waals surface area contributed by atoms with E-state index in [0.29, 0.717) is 22.3 Å². The van der Waals surface area contributed by atoms with E-state index in [1.807, 2.05) is 0 Å². The van der Waals surface area contributed by atoms with Crippen molar-refractivity contribution in [1.29, 1.82) is 0 Å². The summed E-state index contributed by atoms with van der Waals surface area (Å²) in [6, 6.07) is 9.02. The maximum Gasteiger partial charge on any atom is 0.229 e. The van der Waals surface area contributed by atoms with E-state index < -0.39 is 17.0 Å². The summed E-state index contributed by atoms with van der Waals surface area (Å²) in [5.74, 6) is -0.535. The van der Waals surface area contributed by atoms with Gasteiger partial charge in [-0.1, -0.05) is 20.8 Å². The molecular weight excluding hydrogens is 407 g/mol. The molecule has 2 aromatic carbocycles. The summed E-state index contributed by atoms with van der Waals surface area (Å²) < 4.78 is 14.5. The van der Waals surface area contributed by atoms with Crippen molar-refractivity contribution in [2.24, 2.45) is 5.41 Å². The summed E-state index contributed by atoms with van der Waals surface area (Å²) in [4.78, 5) is 36.8. The molecular formula is C25H27FN4O2. The lowest BCUT2D eigenvalue weighted by Gasteiger charge is -2.27. The zero-order chi connectivity index (χ0) is 22.9. The number of rotatable bonds is 4. The smallest absolute Gasteiger partial charge is 0.229 e. The monoisotopic (exact) mass is 434 g/mol. The number of anilines is 2. The van der Waals surface area contributed by atoms with Gasteiger partial charge in [-0.15, -0.1) is 0 Å². The number of hydrogen-bond acceptors (Lipinski definition) is 5. The maximum atomic E-state index is 14.5. The molecule has 1 saturated heterocycles. The normalized spacial score (nSPS) is 14.4. The first-order valence-corrected chi connectivity index (χ1v) is 10.9. The molecule has 0 aliphatic carbocycles. The Balaban J connectivity index is 1.64. The molecule has 1 aromatic heterocycles. The van der Waals surface area contributed by atoms with Crippen molar-refractivity contribution < 1.29 is 14.0 Å². The fourth-order valence-corrected chi connectivity index (χ4v) is 3.67. The first-order chi connectivity index (χ1) is 15.2. The average molecular weight is 435 g/mol. The van der Waals surface area contributed by atoms with Crippen molar-refractivity contribution in [3.05, 3.63) is 59.5 Å². The SMILES string of the molecule is CC(C)(C)C(=O)Nc1ccc(F)c(C(=O)c2ccc3ncc(N4CCCCC4)nc3c2)c1. The molecule has 4 rings (SSSR count). The summed E-state index contributed by atoms with van der Waals surface area (Å²) >= 11 is 0. The van der Waals surface area contributed by atoms with Crippen LogP contribution in [-0.2, 0) is 4.79 Å². The van der Waals surface area contributed by atoms with Crippen LogP contribution in [-0.4, -0.2) is 34.7 Å². The van der Waals surface area contributed by atoms with Gasteiger partial charge in [0.25, 0.3) is 0 Å². The molecule has 0 bridgehead atoms. The molecule has 166 valence electrons. The zero-order valence-electron chi connectivity index (χ0n) is 18.6. The number of fused-ring (bicyclic) bond motifs is 1. The number of carbonyl (C=O) groups excluding carboxylic acids is 2. The van der Waals surface area contributed by atoms with E-state index in [0.717, 1.165) is 31.7 Å². The Morgan fingerprint density at radius 1 is 1.00 bits per heavy atom. The number of hydrogen-bond donors (Lipinski definition) is 1. The number of piperidine rings is 1. The Hall–Kier alpha value is -3.35. The topological polar surface area (TPSA) is 75.2 Å². The van der Waals surface area contributed by atoms with Gasteiger partial charge in [0, 0.05) is 29.8 Å². The van der Waals surface area contributed by atoms with Gasteiger partial charge in [-0.3, -0.25) is 14.6 Å². The fourth-order valence-electron chi connectivity index (χ4n) is 3.67. The largest absolute Gasteiger partial charge is 0.355 e. The molecule has 7 heteroatoms.